The molecule has 1 aliphatic carbocycles. The molecular weight excluding hydrogens is 308 g/mol. The summed E-state index contributed by atoms with van der Waals surface area (Å²) in [6, 6.07) is 15.3. The summed E-state index contributed by atoms with van der Waals surface area (Å²) in [6.07, 6.45) is 3.61. The Kier molecular flexibility index (Phi) is 4.98. The first-order valence-corrected chi connectivity index (χ1v) is 8.58. The second kappa shape index (κ2) is 7.33. The number of fused-ring (bicyclic) bond motifs is 1. The summed E-state index contributed by atoms with van der Waals surface area (Å²) in [5.74, 6) is 0.380. The smallest absolute Gasteiger partial charge is 0.250 e. The number of amides is 1. The lowest BCUT2D eigenvalue weighted by atomic mass is 10.1. The van der Waals surface area contributed by atoms with E-state index >= 15 is 0 Å². The first kappa shape index (κ1) is 15.6. The number of hydrazone groups is 1. The van der Waals surface area contributed by atoms with Crippen molar-refractivity contribution in [1.29, 1.82) is 0 Å². The average Bonchev–Trinajstić information content (AvgIpc) is 2.98. The molecule has 1 amide bonds. The summed E-state index contributed by atoms with van der Waals surface area (Å²) >= 11 is 1.65. The summed E-state index contributed by atoms with van der Waals surface area (Å²) in [5, 5.41) is 13.9. The van der Waals surface area contributed by atoms with E-state index in [1.165, 1.54) is 17.3 Å². The zero-order valence-corrected chi connectivity index (χ0v) is 13.4. The lowest BCUT2D eigenvalue weighted by molar-refractivity contribution is -0.118. The maximum atomic E-state index is 11.9. The normalized spacial score (nSPS) is 16.4. The minimum atomic E-state index is -0.133. The van der Waals surface area contributed by atoms with Gasteiger partial charge in [-0.15, -0.1) is 11.8 Å². The largest absolute Gasteiger partial charge is 0.507 e. The van der Waals surface area contributed by atoms with Crippen molar-refractivity contribution in [2.45, 2.75) is 18.1 Å². The topological polar surface area (TPSA) is 61.7 Å². The number of hydrogen-bond acceptors (Lipinski definition) is 4. The minimum absolute atomic E-state index is 0.133. The SMILES string of the molecule is O=C(CSC1CCc2ccccc21)N/N=C/c1ccccc1O. The van der Waals surface area contributed by atoms with Crippen LogP contribution in [0.5, 0.6) is 5.75 Å². The Hall–Kier alpha value is -2.27. The number of carbonyl (C=O) groups excluding carboxylic acids is 1. The molecule has 4 nitrogen and oxygen atoms in total. The van der Waals surface area contributed by atoms with Crippen LogP contribution in [0.2, 0.25) is 0 Å². The van der Waals surface area contributed by atoms with Gasteiger partial charge in [0.25, 0.3) is 0 Å². The number of nitrogens with one attached hydrogen (secondary N) is 1. The number of phenols is 1. The molecule has 0 aliphatic heterocycles. The first-order chi connectivity index (χ1) is 11.2. The molecule has 1 atom stereocenters. The van der Waals surface area contributed by atoms with Crippen LogP contribution in [0.15, 0.2) is 53.6 Å². The Morgan fingerprint density at radius 2 is 2.04 bits per heavy atom. The molecular formula is C18H18N2O2S. The zero-order valence-electron chi connectivity index (χ0n) is 12.6. The fourth-order valence-corrected chi connectivity index (χ4v) is 3.78. The molecule has 2 aromatic carbocycles. The quantitative estimate of drug-likeness (QED) is 0.655. The third kappa shape index (κ3) is 3.93. The summed E-state index contributed by atoms with van der Waals surface area (Å²) in [6.45, 7) is 0. The van der Waals surface area contributed by atoms with E-state index in [0.717, 1.165) is 12.8 Å². The molecule has 1 unspecified atom stereocenters. The molecule has 2 aromatic rings. The average molecular weight is 326 g/mol. The number of benzene rings is 2. The molecule has 0 aromatic heterocycles. The van der Waals surface area contributed by atoms with Gasteiger partial charge in [0.05, 0.1) is 12.0 Å². The summed E-state index contributed by atoms with van der Waals surface area (Å²) < 4.78 is 0. The van der Waals surface area contributed by atoms with Crippen LogP contribution in [0.4, 0.5) is 0 Å². The fraction of sp³-hybridized carbons (Fsp3) is 0.222. The predicted octanol–water partition coefficient (Wildman–Crippen LogP) is 3.26. The van der Waals surface area contributed by atoms with E-state index in [4.69, 9.17) is 0 Å². The highest BCUT2D eigenvalue weighted by atomic mass is 32.2. The molecule has 0 saturated heterocycles. The fourth-order valence-electron chi connectivity index (χ4n) is 2.67. The third-order valence-electron chi connectivity index (χ3n) is 3.82. The second-order valence-corrected chi connectivity index (χ2v) is 6.58. The number of para-hydroxylation sites is 1. The minimum Gasteiger partial charge on any atom is -0.507 e. The molecule has 5 heteroatoms. The van der Waals surface area contributed by atoms with Crippen molar-refractivity contribution in [1.82, 2.24) is 5.43 Å². The van der Waals surface area contributed by atoms with Crippen molar-refractivity contribution < 1.29 is 9.90 Å². The summed E-state index contributed by atoms with van der Waals surface area (Å²) in [7, 11) is 0. The van der Waals surface area contributed by atoms with E-state index < -0.39 is 0 Å². The molecule has 0 bridgehead atoms. The van der Waals surface area contributed by atoms with Crippen molar-refractivity contribution in [2.24, 2.45) is 5.10 Å². The van der Waals surface area contributed by atoms with Gasteiger partial charge >= 0.3 is 0 Å². The van der Waals surface area contributed by atoms with Crippen molar-refractivity contribution in [2.75, 3.05) is 5.75 Å². The van der Waals surface area contributed by atoms with Crippen LogP contribution in [0, 0.1) is 0 Å². The number of nitrogens with zero attached hydrogens (tertiary/aromatic N) is 1. The summed E-state index contributed by atoms with van der Waals surface area (Å²) in [5.41, 5.74) is 5.82. The van der Waals surface area contributed by atoms with Crippen LogP contribution in [0.3, 0.4) is 0 Å². The molecule has 0 heterocycles. The van der Waals surface area contributed by atoms with Crippen LogP contribution in [0.1, 0.15) is 28.4 Å². The van der Waals surface area contributed by atoms with Gasteiger partial charge in [-0.2, -0.15) is 5.10 Å². The van der Waals surface area contributed by atoms with Crippen molar-refractivity contribution in [3.63, 3.8) is 0 Å². The molecule has 0 radical (unpaired) electrons. The Balaban J connectivity index is 1.48. The van der Waals surface area contributed by atoms with E-state index in [-0.39, 0.29) is 11.7 Å². The maximum absolute atomic E-state index is 11.9. The van der Waals surface area contributed by atoms with Crippen molar-refractivity contribution in [3.8, 4) is 5.75 Å². The second-order valence-electron chi connectivity index (χ2n) is 5.39. The molecule has 3 rings (SSSR count). The number of thioether (sulfide) groups is 1. The number of aromatic hydroxyl groups is 1. The highest BCUT2D eigenvalue weighted by molar-refractivity contribution is 8.00. The van der Waals surface area contributed by atoms with Gasteiger partial charge in [-0.25, -0.2) is 5.43 Å². The highest BCUT2D eigenvalue weighted by Crippen LogP contribution is 2.40. The van der Waals surface area contributed by atoms with E-state index in [0.29, 0.717) is 16.6 Å². The van der Waals surface area contributed by atoms with Gasteiger partial charge in [0.1, 0.15) is 5.75 Å². The van der Waals surface area contributed by atoms with E-state index in [1.54, 1.807) is 36.0 Å². The Labute approximate surface area is 139 Å². The summed E-state index contributed by atoms with van der Waals surface area (Å²) in [4.78, 5) is 11.9. The van der Waals surface area contributed by atoms with E-state index in [1.807, 2.05) is 0 Å². The standard InChI is InChI=1S/C18H18N2O2S/c21-16-8-4-2-6-14(16)11-19-20-18(22)12-23-17-10-9-13-5-1-3-7-15(13)17/h1-8,11,17,21H,9-10,12H2,(H,20,22)/b19-11+. The molecule has 0 fully saturated rings. The van der Waals surface area contributed by atoms with Gasteiger partial charge in [-0.3, -0.25) is 4.79 Å². The first-order valence-electron chi connectivity index (χ1n) is 7.53. The number of hydrogen-bond donors (Lipinski definition) is 2. The lowest BCUT2D eigenvalue weighted by Crippen LogP contribution is -2.20. The van der Waals surface area contributed by atoms with Gasteiger partial charge in [0, 0.05) is 10.8 Å². The van der Waals surface area contributed by atoms with Gasteiger partial charge in [-0.1, -0.05) is 36.4 Å². The van der Waals surface area contributed by atoms with E-state index in [2.05, 4.69) is 34.8 Å². The molecule has 1 aliphatic rings. The molecule has 2 N–H and O–H groups in total. The molecule has 0 saturated carbocycles. The van der Waals surface area contributed by atoms with E-state index in [9.17, 15) is 9.90 Å². The highest BCUT2D eigenvalue weighted by Gasteiger charge is 2.22. The lowest BCUT2D eigenvalue weighted by Gasteiger charge is -2.10. The number of phenolic OH excluding ortho intramolecular Hbond substituents is 1. The Morgan fingerprint density at radius 3 is 2.91 bits per heavy atom. The van der Waals surface area contributed by atoms with Crippen LogP contribution in [-0.2, 0) is 11.2 Å². The van der Waals surface area contributed by atoms with Gasteiger partial charge in [0.15, 0.2) is 0 Å². The Morgan fingerprint density at radius 1 is 1.26 bits per heavy atom. The molecule has 118 valence electrons. The van der Waals surface area contributed by atoms with Crippen LogP contribution in [0.25, 0.3) is 0 Å². The Bertz CT molecular complexity index is 730. The van der Waals surface area contributed by atoms with Crippen molar-refractivity contribution in [3.05, 3.63) is 65.2 Å². The molecule has 0 spiro atoms. The van der Waals surface area contributed by atoms with Crippen LogP contribution >= 0.6 is 11.8 Å². The predicted molar refractivity (Wildman–Crippen MR) is 93.8 cm³/mol. The monoisotopic (exact) mass is 326 g/mol. The number of rotatable bonds is 5. The van der Waals surface area contributed by atoms with Gasteiger partial charge < -0.3 is 5.11 Å². The number of carbonyl (C=O) groups is 1. The zero-order chi connectivity index (χ0) is 16.1. The van der Waals surface area contributed by atoms with Gasteiger partial charge in [-0.05, 0) is 36.1 Å². The van der Waals surface area contributed by atoms with Crippen LogP contribution in [-0.4, -0.2) is 23.0 Å². The maximum Gasteiger partial charge on any atom is 0.250 e. The third-order valence-corrected chi connectivity index (χ3v) is 5.14. The van der Waals surface area contributed by atoms with Gasteiger partial charge in [0.2, 0.25) is 5.91 Å². The van der Waals surface area contributed by atoms with Crippen LogP contribution < -0.4 is 5.43 Å². The van der Waals surface area contributed by atoms with Crippen molar-refractivity contribution >= 4 is 23.9 Å². The number of aryl methyl sites for hydroxylation is 1. The molecule has 23 heavy (non-hydrogen) atoms.